The molecule has 8 heteroatoms. The topological polar surface area (TPSA) is 71.3 Å². The van der Waals surface area contributed by atoms with Gasteiger partial charge in [0.25, 0.3) is 5.91 Å². The van der Waals surface area contributed by atoms with Gasteiger partial charge in [0.15, 0.2) is 11.5 Å². The summed E-state index contributed by atoms with van der Waals surface area (Å²) in [4.78, 5) is 12.5. The zero-order valence-electron chi connectivity index (χ0n) is 15.2. The van der Waals surface area contributed by atoms with Gasteiger partial charge in [0.05, 0.1) is 27.3 Å². The van der Waals surface area contributed by atoms with Crippen molar-refractivity contribution in [2.45, 2.75) is 13.3 Å². The molecule has 1 N–H and O–H groups in total. The molecule has 0 heterocycles. The number of nitrogens with zero attached hydrogens (tertiary/aromatic N) is 1. The molecule has 0 aromatic heterocycles. The van der Waals surface area contributed by atoms with E-state index < -0.39 is 5.91 Å². The van der Waals surface area contributed by atoms with Gasteiger partial charge in [-0.15, -0.1) is 0 Å². The maximum Gasteiger partial charge on any atom is 0.266 e. The molecule has 0 fully saturated rings. The molecule has 0 aliphatic carbocycles. The third kappa shape index (κ3) is 5.77. The molecule has 0 spiro atoms. The smallest absolute Gasteiger partial charge is 0.266 e. The van der Waals surface area contributed by atoms with Gasteiger partial charge in [0.1, 0.15) is 11.6 Å². The summed E-state index contributed by atoms with van der Waals surface area (Å²) in [5, 5.41) is 12.7. The summed E-state index contributed by atoms with van der Waals surface area (Å²) in [6, 6.07) is 10.1. The van der Waals surface area contributed by atoms with E-state index in [1.54, 1.807) is 25.3 Å². The minimum Gasteiger partial charge on any atom is -0.493 e. The van der Waals surface area contributed by atoms with Crippen LogP contribution in [0, 0.1) is 14.9 Å². The van der Waals surface area contributed by atoms with E-state index in [4.69, 9.17) is 32.7 Å². The Hall–Kier alpha value is -1.95. The Kier molecular flexibility index (Phi) is 8.42. The number of halogens is 3. The second-order valence-corrected chi connectivity index (χ2v) is 7.61. The number of methoxy groups -OCH3 is 1. The zero-order chi connectivity index (χ0) is 20.7. The van der Waals surface area contributed by atoms with Crippen molar-refractivity contribution < 1.29 is 14.3 Å². The van der Waals surface area contributed by atoms with Crippen LogP contribution in [0.2, 0.25) is 10.0 Å². The molecule has 2 aromatic rings. The van der Waals surface area contributed by atoms with Gasteiger partial charge in [-0.1, -0.05) is 30.1 Å². The number of carbonyl (C=O) groups is 1. The van der Waals surface area contributed by atoms with Crippen LogP contribution in [0.5, 0.6) is 11.5 Å². The van der Waals surface area contributed by atoms with Crippen molar-refractivity contribution >= 4 is 63.5 Å². The number of rotatable bonds is 7. The molecule has 0 aliphatic heterocycles. The summed E-state index contributed by atoms with van der Waals surface area (Å²) in [5.41, 5.74) is 1.02. The monoisotopic (exact) mass is 530 g/mol. The highest BCUT2D eigenvalue weighted by atomic mass is 127. The van der Waals surface area contributed by atoms with Gasteiger partial charge in [-0.2, -0.15) is 5.26 Å². The first-order valence-electron chi connectivity index (χ1n) is 8.28. The number of benzene rings is 2. The molecule has 1 amide bonds. The summed E-state index contributed by atoms with van der Waals surface area (Å²) in [5.74, 6) is 0.621. The summed E-state index contributed by atoms with van der Waals surface area (Å²) in [6.07, 6.45) is 2.36. The van der Waals surface area contributed by atoms with Crippen LogP contribution < -0.4 is 14.8 Å². The van der Waals surface area contributed by atoms with E-state index >= 15 is 0 Å². The number of hydrogen-bond acceptors (Lipinski definition) is 4. The molecular formula is C20H17Cl2IN2O3. The number of hydrogen-bond donors (Lipinski definition) is 1. The largest absolute Gasteiger partial charge is 0.493 e. The predicted octanol–water partition coefficient (Wildman–Crippen LogP) is 5.94. The Morgan fingerprint density at radius 2 is 2.04 bits per heavy atom. The summed E-state index contributed by atoms with van der Waals surface area (Å²) >= 11 is 14.0. The third-order valence-corrected chi connectivity index (χ3v) is 5.10. The molecule has 0 radical (unpaired) electrons. The van der Waals surface area contributed by atoms with Gasteiger partial charge < -0.3 is 14.8 Å². The highest BCUT2D eigenvalue weighted by Gasteiger charge is 2.14. The molecule has 5 nitrogen and oxygen atoms in total. The second-order valence-electron chi connectivity index (χ2n) is 5.64. The van der Waals surface area contributed by atoms with E-state index in [1.807, 2.05) is 19.1 Å². The normalized spacial score (nSPS) is 10.9. The lowest BCUT2D eigenvalue weighted by Gasteiger charge is -2.13. The molecule has 0 bridgehead atoms. The van der Waals surface area contributed by atoms with Crippen molar-refractivity contribution in [3.63, 3.8) is 0 Å². The van der Waals surface area contributed by atoms with Crippen molar-refractivity contribution in [2.24, 2.45) is 0 Å². The van der Waals surface area contributed by atoms with E-state index in [0.29, 0.717) is 39.4 Å². The first-order chi connectivity index (χ1) is 13.4. The Morgan fingerprint density at radius 1 is 1.29 bits per heavy atom. The molecule has 2 aromatic carbocycles. The van der Waals surface area contributed by atoms with Gasteiger partial charge in [0, 0.05) is 5.69 Å². The lowest BCUT2D eigenvalue weighted by molar-refractivity contribution is -0.112. The van der Waals surface area contributed by atoms with Crippen LogP contribution in [0.4, 0.5) is 5.69 Å². The van der Waals surface area contributed by atoms with Crippen LogP contribution in [0.25, 0.3) is 6.08 Å². The highest BCUT2D eigenvalue weighted by Crippen LogP contribution is 2.35. The third-order valence-electron chi connectivity index (χ3n) is 3.56. The second kappa shape index (κ2) is 10.6. The summed E-state index contributed by atoms with van der Waals surface area (Å²) < 4.78 is 11.9. The molecule has 0 aliphatic rings. The first kappa shape index (κ1) is 22.3. The fraction of sp³-hybridized carbons (Fsp3) is 0.200. The number of nitrogens with one attached hydrogen (secondary N) is 1. The molecule has 28 heavy (non-hydrogen) atoms. The van der Waals surface area contributed by atoms with Crippen LogP contribution in [-0.2, 0) is 4.79 Å². The number of carbonyl (C=O) groups excluding carboxylic acids is 1. The lowest BCUT2D eigenvalue weighted by atomic mass is 10.1. The Morgan fingerprint density at radius 3 is 2.64 bits per heavy atom. The fourth-order valence-electron chi connectivity index (χ4n) is 2.25. The molecule has 0 unspecified atom stereocenters. The average molecular weight is 531 g/mol. The number of anilines is 1. The number of ether oxygens (including phenoxy) is 2. The van der Waals surface area contributed by atoms with E-state index in [0.717, 1.165) is 9.99 Å². The number of amides is 1. The van der Waals surface area contributed by atoms with Gasteiger partial charge in [-0.05, 0) is 71.0 Å². The van der Waals surface area contributed by atoms with Crippen molar-refractivity contribution in [2.75, 3.05) is 19.0 Å². The van der Waals surface area contributed by atoms with Crippen molar-refractivity contribution in [1.82, 2.24) is 0 Å². The fourth-order valence-corrected chi connectivity index (χ4v) is 3.33. The van der Waals surface area contributed by atoms with Crippen LogP contribution in [-0.4, -0.2) is 19.6 Å². The van der Waals surface area contributed by atoms with Crippen LogP contribution >= 0.6 is 45.8 Å². The van der Waals surface area contributed by atoms with Crippen LogP contribution in [0.3, 0.4) is 0 Å². The quantitative estimate of drug-likeness (QED) is 0.273. The zero-order valence-corrected chi connectivity index (χ0v) is 18.9. The predicted molar refractivity (Wildman–Crippen MR) is 120 cm³/mol. The lowest BCUT2D eigenvalue weighted by Crippen LogP contribution is -2.13. The Labute approximate surface area is 187 Å². The van der Waals surface area contributed by atoms with Gasteiger partial charge in [-0.25, -0.2) is 0 Å². The Bertz CT molecular complexity index is 955. The average Bonchev–Trinajstić information content (AvgIpc) is 2.67. The van der Waals surface area contributed by atoms with E-state index in [9.17, 15) is 10.1 Å². The van der Waals surface area contributed by atoms with Gasteiger partial charge >= 0.3 is 0 Å². The van der Waals surface area contributed by atoms with E-state index in [-0.39, 0.29) is 5.57 Å². The minimum atomic E-state index is -0.554. The molecule has 0 atom stereocenters. The molecular weight excluding hydrogens is 514 g/mol. The summed E-state index contributed by atoms with van der Waals surface area (Å²) in [6.45, 7) is 2.58. The maximum atomic E-state index is 12.5. The molecule has 0 saturated heterocycles. The standard InChI is InChI=1S/C20H17Cl2IN2O3/c1-3-6-28-19-17(23)8-12(9-18(19)27-2)7-13(11-24)20(26)25-14-4-5-15(21)16(22)10-14/h4-5,7-10H,3,6H2,1-2H3,(H,25,26)/b13-7+. The summed E-state index contributed by atoms with van der Waals surface area (Å²) in [7, 11) is 1.54. The van der Waals surface area contributed by atoms with Gasteiger partial charge in [0.2, 0.25) is 0 Å². The maximum absolute atomic E-state index is 12.5. The molecule has 0 saturated carbocycles. The molecule has 2 rings (SSSR count). The highest BCUT2D eigenvalue weighted by molar-refractivity contribution is 14.1. The van der Waals surface area contributed by atoms with E-state index in [2.05, 4.69) is 27.9 Å². The van der Waals surface area contributed by atoms with Crippen LogP contribution in [0.1, 0.15) is 18.9 Å². The van der Waals surface area contributed by atoms with Crippen molar-refractivity contribution in [3.8, 4) is 17.6 Å². The van der Waals surface area contributed by atoms with E-state index in [1.165, 1.54) is 12.1 Å². The Balaban J connectivity index is 2.30. The SMILES string of the molecule is CCCOc1c(I)cc(/C=C(\C#N)C(=O)Nc2ccc(Cl)c(Cl)c2)cc1OC. The van der Waals surface area contributed by atoms with Crippen LogP contribution in [0.15, 0.2) is 35.9 Å². The number of nitriles is 1. The molecule has 146 valence electrons. The minimum absolute atomic E-state index is 0.0637. The van der Waals surface area contributed by atoms with Gasteiger partial charge in [-0.3, -0.25) is 4.79 Å². The van der Waals surface area contributed by atoms with Crippen molar-refractivity contribution in [1.29, 1.82) is 5.26 Å². The first-order valence-corrected chi connectivity index (χ1v) is 10.1. The van der Waals surface area contributed by atoms with Crippen molar-refractivity contribution in [3.05, 3.63) is 55.1 Å².